The van der Waals surface area contributed by atoms with Crippen LogP contribution < -0.4 is 0 Å². The molecule has 4 heteroatoms. The van der Waals surface area contributed by atoms with Crippen LogP contribution in [0.5, 0.6) is 0 Å². The summed E-state index contributed by atoms with van der Waals surface area (Å²) in [6.45, 7) is 2.16. The number of halogens is 1. The zero-order valence-corrected chi connectivity index (χ0v) is 14.7. The van der Waals surface area contributed by atoms with Crippen molar-refractivity contribution in [2.45, 2.75) is 50.7 Å². The molecule has 2 fully saturated rings. The molecule has 21 heavy (non-hydrogen) atoms. The second kappa shape index (κ2) is 6.65. The van der Waals surface area contributed by atoms with Gasteiger partial charge >= 0.3 is 0 Å². The molecule has 2 aliphatic rings. The van der Waals surface area contributed by atoms with Gasteiger partial charge in [-0.1, -0.05) is 24.2 Å². The standard InChI is InChI=1S/C17H22INO2/c1-3-15(19-20-2)17-14(10-13-8-9-16(17)21-13)11-4-6-12(18)7-5-11/h4-7,13-14,16-17H,3,8-10H2,1-2H3/t13?,14-,16+,17-/m1/s1. The van der Waals surface area contributed by atoms with Crippen molar-refractivity contribution >= 4 is 28.3 Å². The maximum atomic E-state index is 6.18. The topological polar surface area (TPSA) is 30.8 Å². The van der Waals surface area contributed by atoms with E-state index < -0.39 is 0 Å². The summed E-state index contributed by atoms with van der Waals surface area (Å²) in [5, 5.41) is 4.31. The first-order valence-corrected chi connectivity index (χ1v) is 8.81. The van der Waals surface area contributed by atoms with Crippen LogP contribution in [0, 0.1) is 9.49 Å². The molecule has 0 radical (unpaired) electrons. The first-order chi connectivity index (χ1) is 10.2. The average Bonchev–Trinajstić information content (AvgIpc) is 2.88. The lowest BCUT2D eigenvalue weighted by Crippen LogP contribution is -2.39. The van der Waals surface area contributed by atoms with Gasteiger partial charge in [-0.3, -0.25) is 0 Å². The second-order valence-corrected chi connectivity index (χ2v) is 7.16. The first-order valence-electron chi connectivity index (χ1n) is 7.73. The minimum atomic E-state index is 0.307. The van der Waals surface area contributed by atoms with E-state index in [9.17, 15) is 0 Å². The van der Waals surface area contributed by atoms with Gasteiger partial charge in [0.15, 0.2) is 0 Å². The van der Waals surface area contributed by atoms with Gasteiger partial charge in [0.25, 0.3) is 0 Å². The van der Waals surface area contributed by atoms with Crippen molar-refractivity contribution in [3.05, 3.63) is 33.4 Å². The van der Waals surface area contributed by atoms with E-state index in [0.29, 0.717) is 24.0 Å². The van der Waals surface area contributed by atoms with E-state index in [-0.39, 0.29) is 0 Å². The summed E-state index contributed by atoms with van der Waals surface area (Å²) in [6, 6.07) is 8.93. The number of hydrogen-bond acceptors (Lipinski definition) is 3. The van der Waals surface area contributed by atoms with Crippen LogP contribution in [0.15, 0.2) is 29.4 Å². The number of nitrogens with zero attached hydrogens (tertiary/aromatic N) is 1. The van der Waals surface area contributed by atoms with Crippen molar-refractivity contribution in [3.8, 4) is 0 Å². The Morgan fingerprint density at radius 1 is 1.33 bits per heavy atom. The number of ether oxygens (including phenoxy) is 1. The van der Waals surface area contributed by atoms with Crippen molar-refractivity contribution < 1.29 is 9.57 Å². The molecule has 4 atom stereocenters. The number of hydrogen-bond donors (Lipinski definition) is 0. The van der Waals surface area contributed by atoms with E-state index >= 15 is 0 Å². The summed E-state index contributed by atoms with van der Waals surface area (Å²) in [5.41, 5.74) is 2.56. The van der Waals surface area contributed by atoms with E-state index in [4.69, 9.17) is 9.57 Å². The Kier molecular flexibility index (Phi) is 4.84. The molecule has 2 aliphatic heterocycles. The summed E-state index contributed by atoms with van der Waals surface area (Å²) >= 11 is 2.36. The zero-order valence-electron chi connectivity index (χ0n) is 12.6. The lowest BCUT2D eigenvalue weighted by Gasteiger charge is -2.37. The van der Waals surface area contributed by atoms with Gasteiger partial charge in [0.1, 0.15) is 7.11 Å². The molecule has 2 saturated heterocycles. The van der Waals surface area contributed by atoms with Crippen molar-refractivity contribution in [2.75, 3.05) is 7.11 Å². The minimum Gasteiger partial charge on any atom is -0.399 e. The second-order valence-electron chi connectivity index (χ2n) is 5.91. The fraction of sp³-hybridized carbons (Fsp3) is 0.588. The lowest BCUT2D eigenvalue weighted by atomic mass is 9.76. The number of oxime groups is 1. The highest BCUT2D eigenvalue weighted by Gasteiger charge is 2.45. The predicted octanol–water partition coefficient (Wildman–Crippen LogP) is 4.35. The van der Waals surface area contributed by atoms with Gasteiger partial charge in [-0.2, -0.15) is 0 Å². The molecule has 3 rings (SSSR count). The fourth-order valence-corrected chi connectivity index (χ4v) is 4.20. The normalized spacial score (nSPS) is 32.2. The Balaban J connectivity index is 1.95. The largest absolute Gasteiger partial charge is 0.399 e. The molecular weight excluding hydrogens is 377 g/mol. The molecule has 0 aliphatic carbocycles. The van der Waals surface area contributed by atoms with Crippen LogP contribution in [0.3, 0.4) is 0 Å². The highest BCUT2D eigenvalue weighted by atomic mass is 127. The molecule has 0 saturated carbocycles. The Bertz CT molecular complexity index is 514. The van der Waals surface area contributed by atoms with Crippen LogP contribution in [-0.2, 0) is 9.57 Å². The zero-order chi connectivity index (χ0) is 14.8. The van der Waals surface area contributed by atoms with Crippen molar-refractivity contribution in [3.63, 3.8) is 0 Å². The van der Waals surface area contributed by atoms with Crippen LogP contribution >= 0.6 is 22.6 Å². The van der Waals surface area contributed by atoms with Crippen LogP contribution in [0.25, 0.3) is 0 Å². The molecule has 114 valence electrons. The number of benzene rings is 1. The third-order valence-electron chi connectivity index (χ3n) is 4.74. The van der Waals surface area contributed by atoms with Crippen LogP contribution in [0.1, 0.15) is 44.1 Å². The van der Waals surface area contributed by atoms with E-state index in [1.807, 2.05) is 0 Å². The smallest absolute Gasteiger partial charge is 0.106 e. The summed E-state index contributed by atoms with van der Waals surface area (Å²) in [6.07, 6.45) is 5.09. The monoisotopic (exact) mass is 399 g/mol. The fourth-order valence-electron chi connectivity index (χ4n) is 3.84. The molecule has 0 aromatic heterocycles. The van der Waals surface area contributed by atoms with Crippen molar-refractivity contribution in [2.24, 2.45) is 11.1 Å². The lowest BCUT2D eigenvalue weighted by molar-refractivity contribution is -0.0249. The highest BCUT2D eigenvalue weighted by Crippen LogP contribution is 2.46. The van der Waals surface area contributed by atoms with Crippen molar-refractivity contribution in [1.82, 2.24) is 0 Å². The molecule has 1 aromatic carbocycles. The van der Waals surface area contributed by atoms with E-state index in [1.165, 1.54) is 15.6 Å². The van der Waals surface area contributed by atoms with E-state index in [2.05, 4.69) is 58.9 Å². The average molecular weight is 399 g/mol. The maximum absolute atomic E-state index is 6.18. The third kappa shape index (κ3) is 3.11. The molecule has 0 spiro atoms. The molecule has 0 N–H and O–H groups in total. The molecular formula is C17H22INO2. The van der Waals surface area contributed by atoms with Crippen LogP contribution in [0.4, 0.5) is 0 Å². The number of rotatable bonds is 4. The molecule has 3 nitrogen and oxygen atoms in total. The van der Waals surface area contributed by atoms with Gasteiger partial charge in [0.05, 0.1) is 17.9 Å². The summed E-state index contributed by atoms with van der Waals surface area (Å²) in [5.74, 6) is 0.857. The van der Waals surface area contributed by atoms with Crippen LogP contribution in [-0.4, -0.2) is 25.0 Å². The quantitative estimate of drug-likeness (QED) is 0.428. The molecule has 2 heterocycles. The summed E-state index contributed by atoms with van der Waals surface area (Å²) < 4.78 is 7.46. The Hall–Kier alpha value is -0.620. The Labute approximate surface area is 140 Å². The van der Waals surface area contributed by atoms with Crippen LogP contribution in [0.2, 0.25) is 0 Å². The molecule has 0 amide bonds. The molecule has 1 aromatic rings. The number of fused-ring (bicyclic) bond motifs is 2. The first kappa shape index (κ1) is 15.3. The highest BCUT2D eigenvalue weighted by molar-refractivity contribution is 14.1. The predicted molar refractivity (Wildman–Crippen MR) is 92.6 cm³/mol. The van der Waals surface area contributed by atoms with Gasteiger partial charge in [-0.15, -0.1) is 0 Å². The maximum Gasteiger partial charge on any atom is 0.106 e. The third-order valence-corrected chi connectivity index (χ3v) is 5.46. The van der Waals surface area contributed by atoms with Gasteiger partial charge in [0, 0.05) is 9.49 Å². The van der Waals surface area contributed by atoms with Gasteiger partial charge in [0.2, 0.25) is 0 Å². The SMILES string of the molecule is CCC(=NOC)[C@@H]1[C@@H]2CCC(C[C@@H]1c1ccc(I)cc1)O2. The van der Waals surface area contributed by atoms with Gasteiger partial charge in [-0.25, -0.2) is 0 Å². The molecule has 2 bridgehead atoms. The summed E-state index contributed by atoms with van der Waals surface area (Å²) in [4.78, 5) is 5.09. The van der Waals surface area contributed by atoms with Gasteiger partial charge < -0.3 is 9.57 Å². The minimum absolute atomic E-state index is 0.307. The Morgan fingerprint density at radius 2 is 2.10 bits per heavy atom. The summed E-state index contributed by atoms with van der Waals surface area (Å²) in [7, 11) is 1.64. The molecule has 1 unspecified atom stereocenters. The van der Waals surface area contributed by atoms with Crippen molar-refractivity contribution in [1.29, 1.82) is 0 Å². The van der Waals surface area contributed by atoms with E-state index in [0.717, 1.165) is 25.0 Å². The van der Waals surface area contributed by atoms with E-state index in [1.54, 1.807) is 7.11 Å². The Morgan fingerprint density at radius 3 is 2.76 bits per heavy atom. The van der Waals surface area contributed by atoms with Gasteiger partial charge in [-0.05, 0) is 71.9 Å².